The molecule has 0 amide bonds. The molecular formula is C19H25N3O5S. The predicted molar refractivity (Wildman–Crippen MR) is 103 cm³/mol. The summed E-state index contributed by atoms with van der Waals surface area (Å²) < 4.78 is 36.0. The topological polar surface area (TPSA) is 90.6 Å². The molecule has 1 aromatic heterocycles. The SMILES string of the molecule is COC(=O)[C@@]12CN(S(=O)(=O)c3ccc4c(c3)n(C)c(=O)n4C)C[C@@H]1C(C)(C)C2. The lowest BCUT2D eigenvalue weighted by Crippen LogP contribution is -2.57. The number of carbonyl (C=O) groups excluding carboxylic acids is 1. The number of aromatic nitrogens is 2. The van der Waals surface area contributed by atoms with Gasteiger partial charge in [-0.2, -0.15) is 4.31 Å². The fraction of sp³-hybridized carbons (Fsp3) is 0.579. The maximum absolute atomic E-state index is 13.3. The highest BCUT2D eigenvalue weighted by Crippen LogP contribution is 2.63. The number of rotatable bonds is 3. The molecule has 2 atom stereocenters. The fourth-order valence-corrected chi connectivity index (χ4v) is 6.85. The van der Waals surface area contributed by atoms with Crippen molar-refractivity contribution in [3.05, 3.63) is 28.7 Å². The number of nitrogens with zero attached hydrogens (tertiary/aromatic N) is 3. The van der Waals surface area contributed by atoms with Gasteiger partial charge in [-0.1, -0.05) is 13.8 Å². The summed E-state index contributed by atoms with van der Waals surface area (Å²) in [4.78, 5) is 24.7. The number of carbonyl (C=O) groups is 1. The normalized spacial score (nSPS) is 26.8. The molecule has 1 saturated carbocycles. The first-order valence-electron chi connectivity index (χ1n) is 9.20. The van der Waals surface area contributed by atoms with Gasteiger partial charge in [-0.25, -0.2) is 13.2 Å². The maximum Gasteiger partial charge on any atom is 0.328 e. The highest BCUT2D eigenvalue weighted by molar-refractivity contribution is 7.89. The van der Waals surface area contributed by atoms with Crippen LogP contribution in [0.1, 0.15) is 20.3 Å². The molecule has 2 heterocycles. The molecule has 1 aliphatic carbocycles. The molecule has 0 unspecified atom stereocenters. The van der Waals surface area contributed by atoms with Gasteiger partial charge in [0.25, 0.3) is 0 Å². The Morgan fingerprint density at radius 2 is 1.82 bits per heavy atom. The summed E-state index contributed by atoms with van der Waals surface area (Å²) in [7, 11) is 0.811. The van der Waals surface area contributed by atoms with Gasteiger partial charge in [0.05, 0.1) is 28.5 Å². The maximum atomic E-state index is 13.3. The second-order valence-corrected chi connectivity index (χ2v) is 10.7. The van der Waals surface area contributed by atoms with Crippen LogP contribution in [0.2, 0.25) is 0 Å². The lowest BCUT2D eigenvalue weighted by atomic mass is 9.48. The van der Waals surface area contributed by atoms with E-state index in [0.29, 0.717) is 17.5 Å². The van der Waals surface area contributed by atoms with Crippen molar-refractivity contribution in [1.29, 1.82) is 0 Å². The molecule has 2 fully saturated rings. The highest BCUT2D eigenvalue weighted by Gasteiger charge is 2.68. The quantitative estimate of drug-likeness (QED) is 0.711. The molecule has 2 aliphatic rings. The predicted octanol–water partition coefficient (Wildman–Crippen LogP) is 1.09. The Labute approximate surface area is 163 Å². The molecule has 28 heavy (non-hydrogen) atoms. The van der Waals surface area contributed by atoms with Crippen molar-refractivity contribution in [2.45, 2.75) is 25.2 Å². The minimum atomic E-state index is -3.81. The van der Waals surface area contributed by atoms with Crippen LogP contribution in [0.4, 0.5) is 0 Å². The van der Waals surface area contributed by atoms with Crippen LogP contribution in [0, 0.1) is 16.7 Å². The number of aryl methyl sites for hydroxylation is 2. The van der Waals surface area contributed by atoms with Crippen molar-refractivity contribution >= 4 is 27.0 Å². The minimum absolute atomic E-state index is 0.0768. The Hall–Kier alpha value is -2.13. The van der Waals surface area contributed by atoms with Gasteiger partial charge in [0.1, 0.15) is 0 Å². The van der Waals surface area contributed by atoms with E-state index in [1.807, 2.05) is 0 Å². The molecule has 8 nitrogen and oxygen atoms in total. The standard InChI is InChI=1S/C19H25N3O5S/c1-18(2)10-19(16(23)27-5)11-22(9-15(18)19)28(25,26)12-6-7-13-14(8-12)21(4)17(24)20(13)3/h6-8,15H,9-11H2,1-5H3/t15-,19+/m1/s1. The Balaban J connectivity index is 1.76. The summed E-state index contributed by atoms with van der Waals surface area (Å²) in [6, 6.07) is 4.70. The minimum Gasteiger partial charge on any atom is -0.469 e. The van der Waals surface area contributed by atoms with Crippen LogP contribution < -0.4 is 5.69 Å². The monoisotopic (exact) mass is 407 g/mol. The Morgan fingerprint density at radius 3 is 2.43 bits per heavy atom. The molecule has 1 aromatic carbocycles. The number of benzene rings is 1. The first-order chi connectivity index (χ1) is 13.0. The number of esters is 1. The molecule has 0 spiro atoms. The first kappa shape index (κ1) is 19.2. The largest absolute Gasteiger partial charge is 0.469 e. The number of imidazole rings is 1. The number of hydrogen-bond donors (Lipinski definition) is 0. The second-order valence-electron chi connectivity index (χ2n) is 8.71. The van der Waals surface area contributed by atoms with Crippen LogP contribution in [0.15, 0.2) is 27.9 Å². The zero-order valence-corrected chi connectivity index (χ0v) is 17.5. The van der Waals surface area contributed by atoms with Gasteiger partial charge >= 0.3 is 11.7 Å². The number of sulfonamides is 1. The van der Waals surface area contributed by atoms with E-state index in [2.05, 4.69) is 13.8 Å². The van der Waals surface area contributed by atoms with Gasteiger partial charge < -0.3 is 4.74 Å². The van der Waals surface area contributed by atoms with Crippen LogP contribution in [0.3, 0.4) is 0 Å². The van der Waals surface area contributed by atoms with Gasteiger partial charge in [-0.15, -0.1) is 0 Å². The van der Waals surface area contributed by atoms with E-state index in [0.717, 1.165) is 0 Å². The lowest BCUT2D eigenvalue weighted by Gasteiger charge is -2.54. The molecule has 2 aromatic rings. The molecule has 0 bridgehead atoms. The number of methoxy groups -OCH3 is 1. The third-order valence-electron chi connectivity index (χ3n) is 6.70. The van der Waals surface area contributed by atoms with E-state index in [1.54, 1.807) is 20.2 Å². The van der Waals surface area contributed by atoms with Gasteiger partial charge in [0.2, 0.25) is 10.0 Å². The second kappa shape index (κ2) is 5.70. The number of ether oxygens (including phenoxy) is 1. The summed E-state index contributed by atoms with van der Waals surface area (Å²) in [5.74, 6) is -0.414. The van der Waals surface area contributed by atoms with Crippen molar-refractivity contribution in [2.24, 2.45) is 30.8 Å². The molecule has 4 rings (SSSR count). The number of hydrogen-bond acceptors (Lipinski definition) is 5. The lowest BCUT2D eigenvalue weighted by molar-refractivity contribution is -0.174. The fourth-order valence-electron chi connectivity index (χ4n) is 5.31. The summed E-state index contributed by atoms with van der Waals surface area (Å²) in [5.41, 5.74) is 0.120. The van der Waals surface area contributed by atoms with Gasteiger partial charge in [0.15, 0.2) is 0 Å². The summed E-state index contributed by atoms with van der Waals surface area (Å²) in [6.07, 6.45) is 0.607. The summed E-state index contributed by atoms with van der Waals surface area (Å²) in [5, 5.41) is 0. The molecule has 0 radical (unpaired) electrons. The van der Waals surface area contributed by atoms with Crippen LogP contribution in [0.5, 0.6) is 0 Å². The highest BCUT2D eigenvalue weighted by atomic mass is 32.2. The van der Waals surface area contributed by atoms with Gasteiger partial charge in [0, 0.05) is 27.2 Å². The molecule has 1 saturated heterocycles. The molecule has 152 valence electrons. The molecular weight excluding hydrogens is 382 g/mol. The van der Waals surface area contributed by atoms with Crippen LogP contribution in [-0.4, -0.2) is 48.0 Å². The molecule has 9 heteroatoms. The van der Waals surface area contributed by atoms with E-state index in [4.69, 9.17) is 4.74 Å². The summed E-state index contributed by atoms with van der Waals surface area (Å²) >= 11 is 0. The smallest absolute Gasteiger partial charge is 0.328 e. The van der Waals surface area contributed by atoms with E-state index in [9.17, 15) is 18.0 Å². The van der Waals surface area contributed by atoms with Gasteiger partial charge in [-0.3, -0.25) is 13.9 Å². The Kier molecular flexibility index (Phi) is 3.91. The van der Waals surface area contributed by atoms with Crippen molar-refractivity contribution in [2.75, 3.05) is 20.2 Å². The van der Waals surface area contributed by atoms with E-state index < -0.39 is 15.4 Å². The first-order valence-corrected chi connectivity index (χ1v) is 10.6. The van der Waals surface area contributed by atoms with Crippen molar-refractivity contribution in [3.63, 3.8) is 0 Å². The Morgan fingerprint density at radius 1 is 1.18 bits per heavy atom. The zero-order valence-electron chi connectivity index (χ0n) is 16.7. The molecule has 1 aliphatic heterocycles. The van der Waals surface area contributed by atoms with E-state index >= 15 is 0 Å². The average molecular weight is 407 g/mol. The van der Waals surface area contributed by atoms with Crippen molar-refractivity contribution in [1.82, 2.24) is 13.4 Å². The van der Waals surface area contributed by atoms with Crippen molar-refractivity contribution in [3.8, 4) is 0 Å². The third kappa shape index (κ3) is 2.29. The van der Waals surface area contributed by atoms with Crippen molar-refractivity contribution < 1.29 is 17.9 Å². The zero-order chi connectivity index (χ0) is 20.6. The van der Waals surface area contributed by atoms with Gasteiger partial charge in [-0.05, 0) is 36.0 Å². The number of fused-ring (bicyclic) bond motifs is 2. The van der Waals surface area contributed by atoms with Crippen LogP contribution in [-0.2, 0) is 33.7 Å². The molecule has 0 N–H and O–H groups in total. The average Bonchev–Trinajstić information content (AvgIpc) is 3.10. The van der Waals surface area contributed by atoms with E-state index in [-0.39, 0.29) is 41.0 Å². The van der Waals surface area contributed by atoms with E-state index in [1.165, 1.54) is 32.7 Å². The summed E-state index contributed by atoms with van der Waals surface area (Å²) in [6.45, 7) is 4.53. The van der Waals surface area contributed by atoms with Crippen LogP contribution in [0.25, 0.3) is 11.0 Å². The van der Waals surface area contributed by atoms with Crippen LogP contribution >= 0.6 is 0 Å². The third-order valence-corrected chi connectivity index (χ3v) is 8.51. The Bertz CT molecular complexity index is 1160.